The second kappa shape index (κ2) is 7.42. The van der Waals surface area contributed by atoms with E-state index in [1.807, 2.05) is 13.0 Å². The highest BCUT2D eigenvalue weighted by atomic mass is 16.5. The number of nitrogens with zero attached hydrogens (tertiary/aromatic N) is 1. The zero-order chi connectivity index (χ0) is 17.0. The maximum Gasteiger partial charge on any atom is 0.266 e. The van der Waals surface area contributed by atoms with Gasteiger partial charge < -0.3 is 15.0 Å². The molecule has 2 unspecified atom stereocenters. The molecule has 1 saturated heterocycles. The Balaban J connectivity index is 1.99. The number of amides is 1. The lowest BCUT2D eigenvalue weighted by Crippen LogP contribution is -2.40. The molecule has 6 heteroatoms. The fourth-order valence-corrected chi connectivity index (χ4v) is 3.07. The van der Waals surface area contributed by atoms with Crippen LogP contribution in [-0.2, 0) is 16.0 Å². The number of aromatic amines is 1. The highest BCUT2D eigenvalue weighted by molar-refractivity contribution is 5.76. The molecule has 1 aromatic rings. The van der Waals surface area contributed by atoms with Crippen molar-refractivity contribution in [3.63, 3.8) is 0 Å². The lowest BCUT2D eigenvalue weighted by molar-refractivity contribution is -0.122. The Labute approximate surface area is 135 Å². The zero-order valence-corrected chi connectivity index (χ0v) is 13.9. The molecule has 0 bridgehead atoms. The molecule has 23 heavy (non-hydrogen) atoms. The molecule has 2 atom stereocenters. The van der Waals surface area contributed by atoms with Crippen molar-refractivity contribution in [1.29, 1.82) is 5.26 Å². The molecule has 124 valence electrons. The normalized spacial score (nSPS) is 18.4. The van der Waals surface area contributed by atoms with Gasteiger partial charge in [0, 0.05) is 18.7 Å². The van der Waals surface area contributed by atoms with E-state index >= 15 is 0 Å². The molecule has 0 saturated carbocycles. The van der Waals surface area contributed by atoms with Crippen LogP contribution in [0.3, 0.4) is 0 Å². The molecule has 0 aliphatic carbocycles. The van der Waals surface area contributed by atoms with Gasteiger partial charge in [0.15, 0.2) is 0 Å². The van der Waals surface area contributed by atoms with Gasteiger partial charge in [0.1, 0.15) is 11.6 Å². The summed E-state index contributed by atoms with van der Waals surface area (Å²) >= 11 is 0. The van der Waals surface area contributed by atoms with Crippen molar-refractivity contribution < 1.29 is 9.53 Å². The highest BCUT2D eigenvalue weighted by Gasteiger charge is 2.23. The van der Waals surface area contributed by atoms with E-state index in [0.717, 1.165) is 25.0 Å². The molecule has 0 radical (unpaired) electrons. The quantitative estimate of drug-likeness (QED) is 0.860. The summed E-state index contributed by atoms with van der Waals surface area (Å²) in [5.74, 6) is -0.0449. The van der Waals surface area contributed by atoms with Crippen LogP contribution >= 0.6 is 0 Å². The topological polar surface area (TPSA) is 95.0 Å². The molecule has 2 rings (SSSR count). The standard InChI is InChI=1S/C17H23N3O3/c1-10-13(11(2)20-17(22)14(10)9-18)6-7-16(21)19-12(3)15-5-4-8-23-15/h12,15H,4-8H2,1-3H3,(H,19,21)(H,20,22). The molecule has 1 amide bonds. The molecule has 0 aromatic carbocycles. The van der Waals surface area contributed by atoms with E-state index in [-0.39, 0.29) is 29.2 Å². The molecule has 1 fully saturated rings. The summed E-state index contributed by atoms with van der Waals surface area (Å²) in [5.41, 5.74) is 1.99. The molecule has 6 nitrogen and oxygen atoms in total. The summed E-state index contributed by atoms with van der Waals surface area (Å²) in [7, 11) is 0. The van der Waals surface area contributed by atoms with Crippen LogP contribution < -0.4 is 10.9 Å². The number of aryl methyl sites for hydroxylation is 1. The molecular formula is C17H23N3O3. The lowest BCUT2D eigenvalue weighted by Gasteiger charge is -2.20. The van der Waals surface area contributed by atoms with Gasteiger partial charge in [-0.05, 0) is 51.2 Å². The van der Waals surface area contributed by atoms with E-state index < -0.39 is 0 Å². The summed E-state index contributed by atoms with van der Waals surface area (Å²) < 4.78 is 5.57. The minimum absolute atomic E-state index is 0.00237. The van der Waals surface area contributed by atoms with Gasteiger partial charge in [-0.15, -0.1) is 0 Å². The molecular weight excluding hydrogens is 294 g/mol. The van der Waals surface area contributed by atoms with Crippen molar-refractivity contribution >= 4 is 5.91 Å². The van der Waals surface area contributed by atoms with Gasteiger partial charge in [-0.2, -0.15) is 5.26 Å². The average molecular weight is 317 g/mol. The second-order valence-electron chi connectivity index (χ2n) is 6.08. The third-order valence-electron chi connectivity index (χ3n) is 4.43. The van der Waals surface area contributed by atoms with Crippen molar-refractivity contribution in [3.8, 4) is 6.07 Å². The van der Waals surface area contributed by atoms with Crippen LogP contribution in [0.1, 0.15) is 48.6 Å². The first-order chi connectivity index (χ1) is 10.9. The summed E-state index contributed by atoms with van der Waals surface area (Å²) in [6, 6.07) is 1.92. The van der Waals surface area contributed by atoms with Gasteiger partial charge in [0.25, 0.3) is 5.56 Å². The van der Waals surface area contributed by atoms with E-state index in [1.165, 1.54) is 0 Å². The van der Waals surface area contributed by atoms with Gasteiger partial charge in [-0.1, -0.05) is 0 Å². The van der Waals surface area contributed by atoms with Gasteiger partial charge in [0.2, 0.25) is 5.91 Å². The van der Waals surface area contributed by atoms with Crippen LogP contribution in [0.25, 0.3) is 0 Å². The number of H-pyrrole nitrogens is 1. The SMILES string of the molecule is Cc1[nH]c(=O)c(C#N)c(C)c1CCC(=O)NC(C)C1CCCO1. The smallest absolute Gasteiger partial charge is 0.266 e. The lowest BCUT2D eigenvalue weighted by atomic mass is 9.99. The van der Waals surface area contributed by atoms with Gasteiger partial charge >= 0.3 is 0 Å². The largest absolute Gasteiger partial charge is 0.376 e. The number of hydrogen-bond acceptors (Lipinski definition) is 4. The summed E-state index contributed by atoms with van der Waals surface area (Å²) in [5, 5.41) is 12.0. The first-order valence-electron chi connectivity index (χ1n) is 7.97. The van der Waals surface area contributed by atoms with E-state index in [1.54, 1.807) is 13.8 Å². The number of aromatic nitrogens is 1. The van der Waals surface area contributed by atoms with Gasteiger partial charge in [0.05, 0.1) is 12.1 Å². The molecule has 0 spiro atoms. The van der Waals surface area contributed by atoms with E-state index in [0.29, 0.717) is 24.1 Å². The second-order valence-corrected chi connectivity index (χ2v) is 6.08. The molecule has 1 aromatic heterocycles. The number of nitrogens with one attached hydrogen (secondary N) is 2. The first-order valence-corrected chi connectivity index (χ1v) is 7.97. The third-order valence-corrected chi connectivity index (χ3v) is 4.43. The van der Waals surface area contributed by atoms with Crippen LogP contribution in [0.15, 0.2) is 4.79 Å². The van der Waals surface area contributed by atoms with E-state index in [4.69, 9.17) is 10.00 Å². The first kappa shape index (κ1) is 17.2. The van der Waals surface area contributed by atoms with Crippen molar-refractivity contribution in [3.05, 3.63) is 32.7 Å². The average Bonchev–Trinajstić information content (AvgIpc) is 3.01. The van der Waals surface area contributed by atoms with Crippen molar-refractivity contribution in [1.82, 2.24) is 10.3 Å². The molecule has 1 aliphatic heterocycles. The molecule has 2 heterocycles. The van der Waals surface area contributed by atoms with Gasteiger partial charge in [-0.25, -0.2) is 0 Å². The number of pyridine rings is 1. The van der Waals surface area contributed by atoms with E-state index in [2.05, 4.69) is 10.3 Å². The number of carbonyl (C=O) groups is 1. The Morgan fingerprint density at radius 1 is 1.52 bits per heavy atom. The predicted octanol–water partition coefficient (Wildman–Crippen LogP) is 1.48. The Bertz CT molecular complexity index is 682. The minimum atomic E-state index is -0.372. The van der Waals surface area contributed by atoms with Crippen molar-refractivity contribution in [2.24, 2.45) is 0 Å². The number of rotatable bonds is 5. The van der Waals surface area contributed by atoms with Gasteiger partial charge in [-0.3, -0.25) is 9.59 Å². The number of ether oxygens (including phenoxy) is 1. The monoisotopic (exact) mass is 317 g/mol. The Hall–Kier alpha value is -2.13. The Morgan fingerprint density at radius 2 is 2.26 bits per heavy atom. The molecule has 1 aliphatic rings. The van der Waals surface area contributed by atoms with Crippen molar-refractivity contribution in [2.45, 2.75) is 58.6 Å². The Kier molecular flexibility index (Phi) is 5.56. The number of hydrogen-bond donors (Lipinski definition) is 2. The highest BCUT2D eigenvalue weighted by Crippen LogP contribution is 2.17. The maximum atomic E-state index is 12.1. The van der Waals surface area contributed by atoms with Crippen LogP contribution in [0.2, 0.25) is 0 Å². The van der Waals surface area contributed by atoms with E-state index in [9.17, 15) is 9.59 Å². The van der Waals surface area contributed by atoms with Crippen LogP contribution in [0, 0.1) is 25.2 Å². The predicted molar refractivity (Wildman–Crippen MR) is 86.2 cm³/mol. The molecule has 2 N–H and O–H groups in total. The van der Waals surface area contributed by atoms with Crippen LogP contribution in [0.4, 0.5) is 0 Å². The maximum absolute atomic E-state index is 12.1. The summed E-state index contributed by atoms with van der Waals surface area (Å²) in [6.45, 7) is 6.26. The summed E-state index contributed by atoms with van der Waals surface area (Å²) in [4.78, 5) is 26.5. The number of carbonyl (C=O) groups excluding carboxylic acids is 1. The fourth-order valence-electron chi connectivity index (χ4n) is 3.07. The third kappa shape index (κ3) is 3.99. The van der Waals surface area contributed by atoms with Crippen LogP contribution in [0.5, 0.6) is 0 Å². The summed E-state index contributed by atoms with van der Waals surface area (Å²) in [6.07, 6.45) is 2.92. The fraction of sp³-hybridized carbons (Fsp3) is 0.588. The van der Waals surface area contributed by atoms with Crippen molar-refractivity contribution in [2.75, 3.05) is 6.61 Å². The minimum Gasteiger partial charge on any atom is -0.376 e. The van der Waals surface area contributed by atoms with Crippen LogP contribution in [-0.4, -0.2) is 29.6 Å². The zero-order valence-electron chi connectivity index (χ0n) is 13.9. The number of nitriles is 1. The Morgan fingerprint density at radius 3 is 2.87 bits per heavy atom.